The quantitative estimate of drug-likeness (QED) is 0.829. The minimum atomic E-state index is -0.496. The maximum Gasteiger partial charge on any atom is 0.0945 e. The van der Waals surface area contributed by atoms with E-state index in [0.717, 1.165) is 10.2 Å². The lowest BCUT2D eigenvalue weighted by Gasteiger charge is -2.12. The topological polar surface area (TPSA) is 54.4 Å². The van der Waals surface area contributed by atoms with Crippen molar-refractivity contribution in [1.82, 2.24) is 4.98 Å². The molecule has 4 nitrogen and oxygen atoms in total. The van der Waals surface area contributed by atoms with Gasteiger partial charge in [0.15, 0.2) is 0 Å². The van der Waals surface area contributed by atoms with E-state index in [1.54, 1.807) is 12.4 Å². The van der Waals surface area contributed by atoms with E-state index in [0.29, 0.717) is 19.8 Å². The van der Waals surface area contributed by atoms with Crippen molar-refractivity contribution in [2.45, 2.75) is 13.0 Å². The number of hydrogen-bond acceptors (Lipinski definition) is 4. The average molecular weight is 275 g/mol. The Bertz CT molecular complexity index is 297. The normalized spacial score (nSPS) is 12.5. The number of aliphatic hydroxyl groups is 1. The summed E-state index contributed by atoms with van der Waals surface area (Å²) in [7, 11) is 0. The third-order valence-corrected chi connectivity index (χ3v) is 2.19. The van der Waals surface area contributed by atoms with Crippen molar-refractivity contribution >= 4 is 21.6 Å². The molecule has 1 aromatic heterocycles. The molecule has 1 heterocycles. The molecule has 0 saturated heterocycles. The van der Waals surface area contributed by atoms with Gasteiger partial charge in [0.1, 0.15) is 0 Å². The Morgan fingerprint density at radius 3 is 3.07 bits per heavy atom. The molecule has 15 heavy (non-hydrogen) atoms. The van der Waals surface area contributed by atoms with Crippen LogP contribution in [0.3, 0.4) is 0 Å². The van der Waals surface area contributed by atoms with Gasteiger partial charge in [-0.3, -0.25) is 4.98 Å². The van der Waals surface area contributed by atoms with Gasteiger partial charge < -0.3 is 15.2 Å². The van der Waals surface area contributed by atoms with Crippen molar-refractivity contribution in [1.29, 1.82) is 0 Å². The molecule has 0 amide bonds. The summed E-state index contributed by atoms with van der Waals surface area (Å²) in [6.45, 7) is 3.33. The largest absolute Gasteiger partial charge is 0.389 e. The molecule has 0 aliphatic heterocycles. The molecule has 1 aromatic rings. The standard InChI is InChI=1S/C10H15BrN2O2/c1-2-15-7-10(14)6-13-9-3-8(11)4-12-5-9/h3-5,10,13-14H,2,6-7H2,1H3/t10-/m0/s1. The number of rotatable bonds is 6. The molecule has 0 fully saturated rings. The molecule has 0 aliphatic carbocycles. The van der Waals surface area contributed by atoms with Gasteiger partial charge in [-0.05, 0) is 28.9 Å². The molecule has 5 heteroatoms. The van der Waals surface area contributed by atoms with Crippen LogP contribution in [0.2, 0.25) is 0 Å². The first-order valence-corrected chi connectivity index (χ1v) is 5.62. The molecule has 0 saturated carbocycles. The number of nitrogens with one attached hydrogen (secondary N) is 1. The van der Waals surface area contributed by atoms with Gasteiger partial charge in [-0.15, -0.1) is 0 Å². The second-order valence-electron chi connectivity index (χ2n) is 3.09. The summed E-state index contributed by atoms with van der Waals surface area (Å²) in [5.41, 5.74) is 0.875. The van der Waals surface area contributed by atoms with E-state index < -0.39 is 6.10 Å². The van der Waals surface area contributed by atoms with Gasteiger partial charge in [0, 0.05) is 23.8 Å². The van der Waals surface area contributed by atoms with Crippen LogP contribution in [0.25, 0.3) is 0 Å². The van der Waals surface area contributed by atoms with Gasteiger partial charge in [0.25, 0.3) is 0 Å². The first-order chi connectivity index (χ1) is 7.22. The van der Waals surface area contributed by atoms with E-state index in [1.807, 2.05) is 13.0 Å². The second kappa shape index (κ2) is 6.76. The summed E-state index contributed by atoms with van der Waals surface area (Å²) in [5.74, 6) is 0. The zero-order valence-corrected chi connectivity index (χ0v) is 10.2. The molecule has 0 aromatic carbocycles. The highest BCUT2D eigenvalue weighted by molar-refractivity contribution is 9.10. The van der Waals surface area contributed by atoms with E-state index in [1.165, 1.54) is 0 Å². The van der Waals surface area contributed by atoms with Crippen molar-refractivity contribution in [2.24, 2.45) is 0 Å². The van der Waals surface area contributed by atoms with Crippen molar-refractivity contribution in [3.05, 3.63) is 22.9 Å². The monoisotopic (exact) mass is 274 g/mol. The molecule has 0 radical (unpaired) electrons. The molecular weight excluding hydrogens is 260 g/mol. The van der Waals surface area contributed by atoms with Gasteiger partial charge in [-0.2, -0.15) is 0 Å². The Balaban J connectivity index is 2.30. The van der Waals surface area contributed by atoms with Crippen LogP contribution in [0.1, 0.15) is 6.92 Å². The fourth-order valence-corrected chi connectivity index (χ4v) is 1.42. The summed E-state index contributed by atoms with van der Waals surface area (Å²) in [6, 6.07) is 1.90. The summed E-state index contributed by atoms with van der Waals surface area (Å²) in [6.07, 6.45) is 2.92. The van der Waals surface area contributed by atoms with E-state index in [9.17, 15) is 5.11 Å². The lowest BCUT2D eigenvalue weighted by atomic mass is 10.3. The highest BCUT2D eigenvalue weighted by atomic mass is 79.9. The van der Waals surface area contributed by atoms with Crippen LogP contribution in [0.5, 0.6) is 0 Å². The lowest BCUT2D eigenvalue weighted by Crippen LogP contribution is -2.24. The Morgan fingerprint density at radius 2 is 2.40 bits per heavy atom. The van der Waals surface area contributed by atoms with Gasteiger partial charge in [-0.25, -0.2) is 0 Å². The maximum absolute atomic E-state index is 9.49. The van der Waals surface area contributed by atoms with Crippen molar-refractivity contribution in [3.63, 3.8) is 0 Å². The molecule has 0 unspecified atom stereocenters. The Kier molecular flexibility index (Phi) is 5.60. The smallest absolute Gasteiger partial charge is 0.0945 e. The highest BCUT2D eigenvalue weighted by Crippen LogP contribution is 2.13. The maximum atomic E-state index is 9.49. The lowest BCUT2D eigenvalue weighted by molar-refractivity contribution is 0.0496. The minimum Gasteiger partial charge on any atom is -0.389 e. The summed E-state index contributed by atoms with van der Waals surface area (Å²) in [5, 5.41) is 12.6. The predicted octanol–water partition coefficient (Wildman–Crippen LogP) is 1.65. The van der Waals surface area contributed by atoms with Crippen LogP contribution in [-0.4, -0.2) is 36.0 Å². The average Bonchev–Trinajstić information content (AvgIpc) is 2.23. The Hall–Kier alpha value is -0.650. The van der Waals surface area contributed by atoms with Crippen LogP contribution in [0, 0.1) is 0 Å². The van der Waals surface area contributed by atoms with E-state index in [-0.39, 0.29) is 0 Å². The Morgan fingerprint density at radius 1 is 1.60 bits per heavy atom. The summed E-state index contributed by atoms with van der Waals surface area (Å²) >= 11 is 3.32. The second-order valence-corrected chi connectivity index (χ2v) is 4.00. The highest BCUT2D eigenvalue weighted by Gasteiger charge is 2.03. The fourth-order valence-electron chi connectivity index (χ4n) is 1.06. The number of pyridine rings is 1. The molecular formula is C10H15BrN2O2. The van der Waals surface area contributed by atoms with Crippen LogP contribution in [-0.2, 0) is 4.74 Å². The van der Waals surface area contributed by atoms with Crippen molar-refractivity contribution in [2.75, 3.05) is 25.1 Å². The van der Waals surface area contributed by atoms with Crippen molar-refractivity contribution in [3.8, 4) is 0 Å². The van der Waals surface area contributed by atoms with E-state index in [2.05, 4.69) is 26.2 Å². The number of aromatic nitrogens is 1. The number of anilines is 1. The molecule has 2 N–H and O–H groups in total. The van der Waals surface area contributed by atoms with Gasteiger partial charge >= 0.3 is 0 Å². The third kappa shape index (κ3) is 5.11. The van der Waals surface area contributed by atoms with Gasteiger partial charge in [0.2, 0.25) is 0 Å². The van der Waals surface area contributed by atoms with E-state index >= 15 is 0 Å². The number of nitrogens with zero attached hydrogens (tertiary/aromatic N) is 1. The fraction of sp³-hybridized carbons (Fsp3) is 0.500. The molecule has 0 bridgehead atoms. The summed E-state index contributed by atoms with van der Waals surface area (Å²) < 4.78 is 6.00. The number of hydrogen-bond donors (Lipinski definition) is 2. The van der Waals surface area contributed by atoms with Crippen LogP contribution in [0.15, 0.2) is 22.9 Å². The van der Waals surface area contributed by atoms with Crippen LogP contribution >= 0.6 is 15.9 Å². The minimum absolute atomic E-state index is 0.352. The zero-order valence-electron chi connectivity index (χ0n) is 8.61. The third-order valence-electron chi connectivity index (χ3n) is 1.76. The SMILES string of the molecule is CCOC[C@@H](O)CNc1cncc(Br)c1. The molecule has 0 aliphatic rings. The van der Waals surface area contributed by atoms with E-state index in [4.69, 9.17) is 4.74 Å². The number of ether oxygens (including phenoxy) is 1. The van der Waals surface area contributed by atoms with Crippen LogP contribution < -0.4 is 5.32 Å². The first-order valence-electron chi connectivity index (χ1n) is 4.82. The van der Waals surface area contributed by atoms with Crippen LogP contribution in [0.4, 0.5) is 5.69 Å². The zero-order chi connectivity index (χ0) is 11.1. The predicted molar refractivity (Wildman–Crippen MR) is 62.9 cm³/mol. The summed E-state index contributed by atoms with van der Waals surface area (Å²) in [4.78, 5) is 4.00. The number of halogens is 1. The molecule has 84 valence electrons. The molecule has 0 spiro atoms. The van der Waals surface area contributed by atoms with Gasteiger partial charge in [-0.1, -0.05) is 0 Å². The molecule has 1 atom stereocenters. The van der Waals surface area contributed by atoms with Gasteiger partial charge in [0.05, 0.1) is 24.6 Å². The first kappa shape index (κ1) is 12.4. The Labute approximate surface area is 97.8 Å². The molecule has 1 rings (SSSR count). The van der Waals surface area contributed by atoms with Crippen molar-refractivity contribution < 1.29 is 9.84 Å². The number of aliphatic hydroxyl groups excluding tert-OH is 1.